The Labute approximate surface area is 219 Å². The molecular weight excluding hydrogens is 516 g/mol. The van der Waals surface area contributed by atoms with Gasteiger partial charge in [-0.25, -0.2) is 8.42 Å². The van der Waals surface area contributed by atoms with E-state index in [1.165, 1.54) is 13.0 Å². The lowest BCUT2D eigenvalue weighted by Crippen LogP contribution is -2.35. The lowest BCUT2D eigenvalue weighted by atomic mass is 10.1. The van der Waals surface area contributed by atoms with Crippen LogP contribution in [0.2, 0.25) is 0 Å². The van der Waals surface area contributed by atoms with Gasteiger partial charge < -0.3 is 14.2 Å². The van der Waals surface area contributed by atoms with Gasteiger partial charge in [0.2, 0.25) is 19.4 Å². The zero-order valence-electron chi connectivity index (χ0n) is 20.6. The van der Waals surface area contributed by atoms with Crippen LogP contribution in [0, 0.1) is 12.3 Å². The second-order valence-corrected chi connectivity index (χ2v) is 11.3. The van der Waals surface area contributed by atoms with Gasteiger partial charge in [0.25, 0.3) is 5.91 Å². The molecule has 0 fully saturated rings. The van der Waals surface area contributed by atoms with Gasteiger partial charge in [-0.3, -0.25) is 10.2 Å². The van der Waals surface area contributed by atoms with Gasteiger partial charge in [-0.1, -0.05) is 31.2 Å². The standard InChI is InChI=1S/C25H26N4O6S2/c1-4-33-21-15-17(10-11-20(21)35-13-12-34-19-9-7-6-8-16(19)3)14-18-22(26)29-24(27-23(18)30)36-25(28-29)37(31,32)5-2/h6-11,14-15,26H,4-5,12-13H2,1-3H3/b18-14-,26-22?. The molecule has 0 saturated heterocycles. The number of aryl methyl sites for hydroxylation is 1. The van der Waals surface area contributed by atoms with Gasteiger partial charge in [0.1, 0.15) is 19.0 Å². The van der Waals surface area contributed by atoms with Crippen molar-refractivity contribution in [1.82, 2.24) is 5.01 Å². The molecule has 2 aromatic carbocycles. The summed E-state index contributed by atoms with van der Waals surface area (Å²) in [5, 5.41) is 13.6. The summed E-state index contributed by atoms with van der Waals surface area (Å²) in [7, 11) is -3.59. The molecule has 0 bridgehead atoms. The van der Waals surface area contributed by atoms with Gasteiger partial charge in [-0.05, 0) is 61.0 Å². The van der Waals surface area contributed by atoms with Gasteiger partial charge in [-0.15, -0.1) is 5.10 Å². The van der Waals surface area contributed by atoms with E-state index in [1.807, 2.05) is 38.1 Å². The molecule has 0 atom stereocenters. The summed E-state index contributed by atoms with van der Waals surface area (Å²) in [4.78, 5) is 16.6. The van der Waals surface area contributed by atoms with Crippen molar-refractivity contribution in [2.24, 2.45) is 10.1 Å². The molecule has 0 aliphatic carbocycles. The second-order valence-electron chi connectivity index (χ2n) is 7.89. The highest BCUT2D eigenvalue weighted by molar-refractivity contribution is 8.42. The number of benzene rings is 2. The first kappa shape index (κ1) is 26.4. The smallest absolute Gasteiger partial charge is 0.283 e. The second kappa shape index (κ2) is 11.2. The monoisotopic (exact) mass is 542 g/mol. The van der Waals surface area contributed by atoms with Crippen LogP contribution in [0.4, 0.5) is 0 Å². The molecule has 0 radical (unpaired) electrons. The average Bonchev–Trinajstić information content (AvgIpc) is 3.32. The zero-order valence-corrected chi connectivity index (χ0v) is 22.2. The first-order valence-corrected chi connectivity index (χ1v) is 14.0. The first-order valence-electron chi connectivity index (χ1n) is 11.5. The number of amides is 1. The number of carbonyl (C=O) groups excluding carboxylic acids is 1. The van der Waals surface area contributed by atoms with Crippen LogP contribution in [-0.2, 0) is 14.6 Å². The number of nitrogens with one attached hydrogen (secondary N) is 1. The Bertz CT molecular complexity index is 1430. The Morgan fingerprint density at radius 3 is 2.46 bits per heavy atom. The maximum atomic E-state index is 12.7. The third kappa shape index (κ3) is 5.86. The zero-order chi connectivity index (χ0) is 26.6. The number of fused-ring (bicyclic) bond motifs is 1. The summed E-state index contributed by atoms with van der Waals surface area (Å²) >= 11 is 0.764. The summed E-state index contributed by atoms with van der Waals surface area (Å²) in [6.45, 7) is 6.35. The minimum absolute atomic E-state index is 0.0222. The molecule has 37 heavy (non-hydrogen) atoms. The Balaban J connectivity index is 1.50. The first-order chi connectivity index (χ1) is 17.7. The number of ether oxygens (including phenoxy) is 3. The molecule has 2 aliphatic rings. The van der Waals surface area contributed by atoms with E-state index in [2.05, 4.69) is 10.1 Å². The molecule has 0 aromatic heterocycles. The lowest BCUT2D eigenvalue weighted by molar-refractivity contribution is -0.114. The van der Waals surface area contributed by atoms with E-state index in [0.29, 0.717) is 36.9 Å². The molecular formula is C25H26N4O6S2. The van der Waals surface area contributed by atoms with Gasteiger partial charge in [-0.2, -0.15) is 10.0 Å². The Morgan fingerprint density at radius 2 is 1.76 bits per heavy atom. The van der Waals surface area contributed by atoms with Crippen LogP contribution in [0.1, 0.15) is 25.0 Å². The molecule has 0 saturated carbocycles. The summed E-state index contributed by atoms with van der Waals surface area (Å²) < 4.78 is 41.5. The Hall–Kier alpha value is -3.64. The van der Waals surface area contributed by atoms with Gasteiger partial charge in [0.05, 0.1) is 17.9 Å². The third-order valence-corrected chi connectivity index (χ3v) is 8.44. The van der Waals surface area contributed by atoms with Crippen molar-refractivity contribution in [2.75, 3.05) is 25.6 Å². The van der Waals surface area contributed by atoms with Crippen molar-refractivity contribution in [2.45, 2.75) is 20.8 Å². The van der Waals surface area contributed by atoms with E-state index in [4.69, 9.17) is 19.6 Å². The van der Waals surface area contributed by atoms with Crippen molar-refractivity contribution < 1.29 is 27.4 Å². The van der Waals surface area contributed by atoms with E-state index < -0.39 is 15.7 Å². The highest BCUT2D eigenvalue weighted by Gasteiger charge is 2.39. The highest BCUT2D eigenvalue weighted by Crippen LogP contribution is 2.33. The minimum atomic E-state index is -3.59. The highest BCUT2D eigenvalue weighted by atomic mass is 32.3. The van der Waals surface area contributed by atoms with Gasteiger partial charge in [0.15, 0.2) is 17.3 Å². The third-order valence-electron chi connectivity index (χ3n) is 5.35. The number of para-hydroxylation sites is 1. The van der Waals surface area contributed by atoms with Gasteiger partial charge in [0, 0.05) is 0 Å². The molecule has 2 heterocycles. The summed E-state index contributed by atoms with van der Waals surface area (Å²) in [5.74, 6) is 0.728. The van der Waals surface area contributed by atoms with E-state index in [-0.39, 0.29) is 26.7 Å². The quantitative estimate of drug-likeness (QED) is 0.373. The van der Waals surface area contributed by atoms with Crippen LogP contribution >= 0.6 is 11.8 Å². The summed E-state index contributed by atoms with van der Waals surface area (Å²) in [5.41, 5.74) is 1.59. The van der Waals surface area contributed by atoms with Crippen LogP contribution in [-0.4, -0.2) is 60.3 Å². The normalized spacial score (nSPS) is 16.4. The number of thioether (sulfide) groups is 1. The molecule has 2 aliphatic heterocycles. The van der Waals surface area contributed by atoms with Crippen molar-refractivity contribution in [1.29, 1.82) is 5.41 Å². The maximum absolute atomic E-state index is 12.7. The number of nitrogens with zero attached hydrogens (tertiary/aromatic N) is 3. The molecule has 2 aromatic rings. The number of hydrazone groups is 1. The van der Waals surface area contributed by atoms with Crippen molar-refractivity contribution >= 4 is 49.0 Å². The Morgan fingerprint density at radius 1 is 1.03 bits per heavy atom. The summed E-state index contributed by atoms with van der Waals surface area (Å²) in [6, 6.07) is 12.9. The Kier molecular flexibility index (Phi) is 7.98. The van der Waals surface area contributed by atoms with Crippen LogP contribution in [0.3, 0.4) is 0 Å². The molecule has 194 valence electrons. The molecule has 12 heteroatoms. The minimum Gasteiger partial charge on any atom is -0.490 e. The maximum Gasteiger partial charge on any atom is 0.283 e. The largest absolute Gasteiger partial charge is 0.490 e. The SMILES string of the molecule is CCOc1cc(/C=C2/C(=N)N3N=C(S(=O)(=O)CC)SC3=NC2=O)ccc1OCCOc1ccccc1C. The lowest BCUT2D eigenvalue weighted by Gasteiger charge is -2.20. The molecule has 1 amide bonds. The fraction of sp³-hybridized carbons (Fsp3) is 0.280. The number of hydrogen-bond acceptors (Lipinski definition) is 9. The van der Waals surface area contributed by atoms with E-state index in [9.17, 15) is 13.2 Å². The van der Waals surface area contributed by atoms with Crippen LogP contribution < -0.4 is 14.2 Å². The number of amidine groups is 2. The number of hydrogen-bond donors (Lipinski definition) is 1. The number of rotatable bonds is 9. The van der Waals surface area contributed by atoms with Gasteiger partial charge >= 0.3 is 0 Å². The van der Waals surface area contributed by atoms with Crippen LogP contribution in [0.25, 0.3) is 6.08 Å². The van der Waals surface area contributed by atoms with Crippen LogP contribution in [0.5, 0.6) is 17.2 Å². The van der Waals surface area contributed by atoms with E-state index >= 15 is 0 Å². The van der Waals surface area contributed by atoms with Crippen molar-refractivity contribution in [3.63, 3.8) is 0 Å². The average molecular weight is 543 g/mol. The molecule has 1 N–H and O–H groups in total. The number of aliphatic imine (C=N–C) groups is 1. The number of carbonyl (C=O) groups is 1. The van der Waals surface area contributed by atoms with Crippen molar-refractivity contribution in [3.8, 4) is 17.2 Å². The summed E-state index contributed by atoms with van der Waals surface area (Å²) in [6.07, 6.45) is 1.49. The van der Waals surface area contributed by atoms with E-state index in [0.717, 1.165) is 28.1 Å². The predicted octanol–water partition coefficient (Wildman–Crippen LogP) is 3.86. The number of sulfone groups is 1. The van der Waals surface area contributed by atoms with E-state index in [1.54, 1.807) is 18.2 Å². The molecule has 0 spiro atoms. The fourth-order valence-electron chi connectivity index (χ4n) is 3.41. The molecule has 0 unspecified atom stereocenters. The molecule has 4 rings (SSSR count). The predicted molar refractivity (Wildman–Crippen MR) is 144 cm³/mol. The topological polar surface area (TPSA) is 131 Å². The van der Waals surface area contributed by atoms with Crippen molar-refractivity contribution in [3.05, 3.63) is 59.2 Å². The fourth-order valence-corrected chi connectivity index (χ4v) is 5.58. The molecule has 10 nitrogen and oxygen atoms in total. The van der Waals surface area contributed by atoms with Crippen LogP contribution in [0.15, 0.2) is 58.1 Å².